The molecule has 7 nitrogen and oxygen atoms in total. The molecule has 1 saturated carbocycles. The van der Waals surface area contributed by atoms with Gasteiger partial charge in [0.05, 0.1) is 6.26 Å². The van der Waals surface area contributed by atoms with E-state index in [1.807, 2.05) is 18.2 Å². The number of hydrogen-bond acceptors (Lipinski definition) is 5. The summed E-state index contributed by atoms with van der Waals surface area (Å²) in [4.78, 5) is 16.1. The summed E-state index contributed by atoms with van der Waals surface area (Å²) in [5.41, 5.74) is 1.97. The Labute approximate surface area is 187 Å². The summed E-state index contributed by atoms with van der Waals surface area (Å²) in [5, 5.41) is 2.85. The Balaban J connectivity index is 1.45. The van der Waals surface area contributed by atoms with Crippen LogP contribution in [0.15, 0.2) is 24.3 Å². The molecule has 1 unspecified atom stereocenters. The summed E-state index contributed by atoms with van der Waals surface area (Å²) in [6, 6.07) is 8.09. The number of carbonyl (C=O) groups excluding carboxylic acids is 1. The molecule has 1 heterocycles. The molecule has 8 heteroatoms. The van der Waals surface area contributed by atoms with E-state index in [1.165, 1.54) is 32.4 Å². The van der Waals surface area contributed by atoms with E-state index in [1.54, 1.807) is 0 Å². The number of rotatable bonds is 9. The minimum Gasteiger partial charge on any atom is -0.369 e. The molecule has 1 amide bonds. The van der Waals surface area contributed by atoms with Gasteiger partial charge in [-0.3, -0.25) is 9.69 Å². The van der Waals surface area contributed by atoms with E-state index in [2.05, 4.69) is 25.9 Å². The van der Waals surface area contributed by atoms with Crippen molar-refractivity contribution in [2.24, 2.45) is 5.92 Å². The predicted molar refractivity (Wildman–Crippen MR) is 127 cm³/mol. The van der Waals surface area contributed by atoms with Crippen LogP contribution in [0.3, 0.4) is 0 Å². The molecular weight excluding hydrogens is 412 g/mol. The fourth-order valence-corrected chi connectivity index (χ4v) is 5.81. The van der Waals surface area contributed by atoms with E-state index in [0.717, 1.165) is 69.8 Å². The average Bonchev–Trinajstić information content (AvgIpc) is 2.73. The molecule has 0 aromatic heterocycles. The molecule has 3 rings (SSSR count). The van der Waals surface area contributed by atoms with Gasteiger partial charge >= 0.3 is 0 Å². The molecule has 1 aliphatic heterocycles. The molecule has 1 atom stereocenters. The van der Waals surface area contributed by atoms with Crippen molar-refractivity contribution in [1.29, 1.82) is 0 Å². The van der Waals surface area contributed by atoms with Gasteiger partial charge in [0.1, 0.15) is 0 Å². The molecular formula is C23H38N4O3S. The van der Waals surface area contributed by atoms with Crippen LogP contribution in [0.25, 0.3) is 0 Å². The molecule has 174 valence electrons. The second kappa shape index (κ2) is 11.3. The van der Waals surface area contributed by atoms with E-state index in [9.17, 15) is 13.2 Å². The number of nitrogens with one attached hydrogen (secondary N) is 2. The van der Waals surface area contributed by atoms with Gasteiger partial charge in [0.2, 0.25) is 15.9 Å². The zero-order valence-electron chi connectivity index (χ0n) is 19.0. The van der Waals surface area contributed by atoms with Gasteiger partial charge < -0.3 is 10.2 Å². The van der Waals surface area contributed by atoms with Crippen molar-refractivity contribution < 1.29 is 13.2 Å². The first kappa shape index (κ1) is 24.0. The van der Waals surface area contributed by atoms with Crippen LogP contribution < -0.4 is 14.9 Å². The van der Waals surface area contributed by atoms with E-state index in [-0.39, 0.29) is 11.9 Å². The first-order valence-corrected chi connectivity index (χ1v) is 13.5. The SMILES string of the molecule is CC(=O)Nc1cccc(N2CCN(CCCC(NS(C)(=O)=O)C3CCCCC3)CC2)c1. The maximum absolute atomic E-state index is 11.9. The van der Waals surface area contributed by atoms with Crippen LogP contribution in [0.4, 0.5) is 11.4 Å². The number of anilines is 2. The number of carbonyl (C=O) groups is 1. The Kier molecular flexibility index (Phi) is 8.75. The van der Waals surface area contributed by atoms with Crippen molar-refractivity contribution in [3.05, 3.63) is 24.3 Å². The highest BCUT2D eigenvalue weighted by Crippen LogP contribution is 2.29. The smallest absolute Gasteiger partial charge is 0.221 e. The number of benzene rings is 1. The monoisotopic (exact) mass is 450 g/mol. The molecule has 1 saturated heterocycles. The molecule has 1 aliphatic carbocycles. The van der Waals surface area contributed by atoms with Crippen LogP contribution in [0.1, 0.15) is 51.9 Å². The van der Waals surface area contributed by atoms with Gasteiger partial charge in [0, 0.05) is 50.5 Å². The Hall–Kier alpha value is -1.64. The first-order valence-electron chi connectivity index (χ1n) is 11.6. The Bertz CT molecular complexity index is 816. The van der Waals surface area contributed by atoms with E-state index < -0.39 is 10.0 Å². The standard InChI is InChI=1S/C23H38N4O3S/c1-19(28)24-21-10-6-11-22(18-21)27-16-14-26(15-17-27)13-7-12-23(25-31(2,29)30)20-8-4-3-5-9-20/h6,10-11,18,20,23,25H,3-5,7-9,12-17H2,1-2H3,(H,24,28). The zero-order valence-corrected chi connectivity index (χ0v) is 19.8. The lowest BCUT2D eigenvalue weighted by molar-refractivity contribution is -0.114. The van der Waals surface area contributed by atoms with Crippen LogP contribution in [0.5, 0.6) is 0 Å². The molecule has 0 spiro atoms. The highest BCUT2D eigenvalue weighted by Gasteiger charge is 2.26. The lowest BCUT2D eigenvalue weighted by Crippen LogP contribution is -2.47. The summed E-state index contributed by atoms with van der Waals surface area (Å²) in [5.74, 6) is 0.426. The lowest BCUT2D eigenvalue weighted by Gasteiger charge is -2.37. The quantitative estimate of drug-likeness (QED) is 0.604. The fraction of sp³-hybridized carbons (Fsp3) is 0.696. The number of piperazine rings is 1. The molecule has 0 radical (unpaired) electrons. The second-order valence-electron chi connectivity index (χ2n) is 9.10. The van der Waals surface area contributed by atoms with Crippen LogP contribution in [-0.2, 0) is 14.8 Å². The maximum Gasteiger partial charge on any atom is 0.221 e. The highest BCUT2D eigenvalue weighted by atomic mass is 32.2. The van der Waals surface area contributed by atoms with E-state index in [0.29, 0.717) is 5.92 Å². The van der Waals surface area contributed by atoms with Crippen molar-refractivity contribution in [3.8, 4) is 0 Å². The second-order valence-corrected chi connectivity index (χ2v) is 10.9. The van der Waals surface area contributed by atoms with Gasteiger partial charge in [-0.05, 0) is 56.3 Å². The third-order valence-corrected chi connectivity index (χ3v) is 7.21. The van der Waals surface area contributed by atoms with Gasteiger partial charge in [0.15, 0.2) is 0 Å². The molecule has 1 aromatic rings. The molecule has 2 N–H and O–H groups in total. The van der Waals surface area contributed by atoms with Crippen LogP contribution in [-0.4, -0.2) is 64.2 Å². The van der Waals surface area contributed by atoms with Crippen molar-refractivity contribution in [2.75, 3.05) is 49.2 Å². The van der Waals surface area contributed by atoms with Crippen LogP contribution in [0.2, 0.25) is 0 Å². The minimum absolute atomic E-state index is 0.0566. The van der Waals surface area contributed by atoms with Crippen molar-refractivity contribution >= 4 is 27.3 Å². The lowest BCUT2D eigenvalue weighted by atomic mass is 9.82. The summed E-state index contributed by atoms with van der Waals surface area (Å²) in [6.07, 6.45) is 9.21. The Morgan fingerprint density at radius 3 is 2.48 bits per heavy atom. The molecule has 2 fully saturated rings. The minimum atomic E-state index is -3.17. The van der Waals surface area contributed by atoms with Gasteiger partial charge in [-0.2, -0.15) is 0 Å². The summed E-state index contributed by atoms with van der Waals surface area (Å²) in [7, 11) is -3.17. The topological polar surface area (TPSA) is 81.8 Å². The van der Waals surface area contributed by atoms with Gasteiger partial charge in [0.25, 0.3) is 0 Å². The molecule has 31 heavy (non-hydrogen) atoms. The Morgan fingerprint density at radius 2 is 1.84 bits per heavy atom. The molecule has 2 aliphatic rings. The number of amides is 1. The highest BCUT2D eigenvalue weighted by molar-refractivity contribution is 7.88. The average molecular weight is 451 g/mol. The molecule has 1 aromatic carbocycles. The zero-order chi connectivity index (χ0) is 22.3. The van der Waals surface area contributed by atoms with Gasteiger partial charge in [-0.1, -0.05) is 25.3 Å². The van der Waals surface area contributed by atoms with E-state index >= 15 is 0 Å². The summed E-state index contributed by atoms with van der Waals surface area (Å²) in [6.45, 7) is 6.44. The number of hydrogen-bond donors (Lipinski definition) is 2. The van der Waals surface area contributed by atoms with E-state index in [4.69, 9.17) is 0 Å². The van der Waals surface area contributed by atoms with Crippen molar-refractivity contribution in [2.45, 2.75) is 57.9 Å². The predicted octanol–water partition coefficient (Wildman–Crippen LogP) is 3.05. The van der Waals surface area contributed by atoms with Crippen LogP contribution >= 0.6 is 0 Å². The maximum atomic E-state index is 11.9. The number of nitrogens with zero attached hydrogens (tertiary/aromatic N) is 2. The molecule has 0 bridgehead atoms. The Morgan fingerprint density at radius 1 is 1.13 bits per heavy atom. The van der Waals surface area contributed by atoms with Crippen molar-refractivity contribution in [1.82, 2.24) is 9.62 Å². The third-order valence-electron chi connectivity index (χ3n) is 6.48. The van der Waals surface area contributed by atoms with Gasteiger partial charge in [-0.25, -0.2) is 13.1 Å². The first-order chi connectivity index (χ1) is 14.8. The van der Waals surface area contributed by atoms with Crippen LogP contribution in [0, 0.1) is 5.92 Å². The summed E-state index contributed by atoms with van der Waals surface area (Å²) < 4.78 is 26.6. The summed E-state index contributed by atoms with van der Waals surface area (Å²) >= 11 is 0. The number of sulfonamides is 1. The van der Waals surface area contributed by atoms with Gasteiger partial charge in [-0.15, -0.1) is 0 Å². The third kappa shape index (κ3) is 8.09. The fourth-order valence-electron chi connectivity index (χ4n) is 4.95. The largest absolute Gasteiger partial charge is 0.369 e. The van der Waals surface area contributed by atoms with Crippen molar-refractivity contribution in [3.63, 3.8) is 0 Å². The normalized spacial score (nSPS) is 19.9.